The summed E-state index contributed by atoms with van der Waals surface area (Å²) in [5.74, 6) is 0. The molecule has 0 aromatic rings. The van der Waals surface area contributed by atoms with Crippen LogP contribution in [0.2, 0.25) is 0 Å². The maximum atomic E-state index is 10.9. The molecule has 0 heterocycles. The van der Waals surface area contributed by atoms with Crippen LogP contribution in [-0.2, 0) is 10.0 Å². The zero-order valence-corrected chi connectivity index (χ0v) is 8.02. The third kappa shape index (κ3) is 2.43. The van der Waals surface area contributed by atoms with Crippen LogP contribution in [0.25, 0.3) is 0 Å². The zero-order valence-electron chi connectivity index (χ0n) is 7.21. The summed E-state index contributed by atoms with van der Waals surface area (Å²) < 4.78 is 24.4. The molecule has 1 saturated carbocycles. The highest BCUT2D eigenvalue weighted by Gasteiger charge is 2.35. The van der Waals surface area contributed by atoms with E-state index in [4.69, 9.17) is 5.11 Å². The summed E-state index contributed by atoms with van der Waals surface area (Å²) >= 11 is 0. The number of aliphatic hydroxyl groups is 1. The van der Waals surface area contributed by atoms with Gasteiger partial charge < -0.3 is 5.11 Å². The van der Waals surface area contributed by atoms with Gasteiger partial charge in [-0.3, -0.25) is 0 Å². The molecule has 0 radical (unpaired) electrons. The number of hydrogen-bond donors (Lipinski definition) is 2. The van der Waals surface area contributed by atoms with Crippen LogP contribution in [0.1, 0.15) is 25.7 Å². The van der Waals surface area contributed by atoms with E-state index < -0.39 is 15.6 Å². The largest absolute Gasteiger partial charge is 0.394 e. The van der Waals surface area contributed by atoms with Gasteiger partial charge in [0.15, 0.2) is 0 Å². The van der Waals surface area contributed by atoms with Gasteiger partial charge in [-0.05, 0) is 12.8 Å². The van der Waals surface area contributed by atoms with Gasteiger partial charge in [0.2, 0.25) is 10.0 Å². The smallest absolute Gasteiger partial charge is 0.209 e. The minimum atomic E-state index is -3.19. The molecule has 1 fully saturated rings. The first-order valence-corrected chi connectivity index (χ1v) is 5.96. The highest BCUT2D eigenvalue weighted by atomic mass is 32.2. The van der Waals surface area contributed by atoms with Crippen molar-refractivity contribution in [1.82, 2.24) is 4.72 Å². The lowest BCUT2D eigenvalue weighted by atomic mass is 10.0. The normalized spacial score (nSPS) is 22.8. The molecule has 0 spiro atoms. The van der Waals surface area contributed by atoms with E-state index in [1.165, 1.54) is 0 Å². The van der Waals surface area contributed by atoms with Crippen LogP contribution in [0, 0.1) is 0 Å². The standard InChI is InChI=1S/C7H15NO3S/c1-12(10,11)8-7(6-9)4-2-3-5-7/h8-9H,2-6H2,1H3. The number of hydrogen-bond acceptors (Lipinski definition) is 3. The topological polar surface area (TPSA) is 66.4 Å². The first-order chi connectivity index (χ1) is 5.47. The van der Waals surface area contributed by atoms with E-state index in [2.05, 4.69) is 4.72 Å². The van der Waals surface area contributed by atoms with Crippen molar-refractivity contribution >= 4 is 10.0 Å². The molecule has 12 heavy (non-hydrogen) atoms. The van der Waals surface area contributed by atoms with Crippen molar-refractivity contribution in [3.8, 4) is 0 Å². The maximum Gasteiger partial charge on any atom is 0.209 e. The molecule has 1 aliphatic rings. The molecular formula is C7H15NO3S. The van der Waals surface area contributed by atoms with Crippen LogP contribution < -0.4 is 4.72 Å². The van der Waals surface area contributed by atoms with Crippen LogP contribution in [-0.4, -0.2) is 31.9 Å². The van der Waals surface area contributed by atoms with Crippen molar-refractivity contribution in [2.45, 2.75) is 31.2 Å². The fraction of sp³-hybridized carbons (Fsp3) is 1.00. The van der Waals surface area contributed by atoms with Gasteiger partial charge in [-0.1, -0.05) is 12.8 Å². The van der Waals surface area contributed by atoms with Crippen molar-refractivity contribution in [1.29, 1.82) is 0 Å². The van der Waals surface area contributed by atoms with E-state index in [1.807, 2.05) is 0 Å². The van der Waals surface area contributed by atoms with E-state index in [1.54, 1.807) is 0 Å². The third-order valence-corrected chi connectivity index (χ3v) is 3.07. The molecular weight excluding hydrogens is 178 g/mol. The minimum absolute atomic E-state index is 0.0972. The molecule has 1 aliphatic carbocycles. The van der Waals surface area contributed by atoms with E-state index in [9.17, 15) is 8.42 Å². The Balaban J connectivity index is 2.68. The van der Waals surface area contributed by atoms with Crippen molar-refractivity contribution < 1.29 is 13.5 Å². The van der Waals surface area contributed by atoms with Gasteiger partial charge in [0.05, 0.1) is 18.4 Å². The molecule has 5 heteroatoms. The molecule has 0 aromatic heterocycles. The van der Waals surface area contributed by atoms with Crippen LogP contribution >= 0.6 is 0 Å². The van der Waals surface area contributed by atoms with E-state index in [-0.39, 0.29) is 6.61 Å². The van der Waals surface area contributed by atoms with Gasteiger partial charge in [-0.25, -0.2) is 13.1 Å². The van der Waals surface area contributed by atoms with Crippen LogP contribution in [0.4, 0.5) is 0 Å². The Kier molecular flexibility index (Phi) is 2.75. The number of sulfonamides is 1. The van der Waals surface area contributed by atoms with E-state index in [0.29, 0.717) is 0 Å². The lowest BCUT2D eigenvalue weighted by Gasteiger charge is -2.26. The molecule has 0 unspecified atom stereocenters. The summed E-state index contributed by atoms with van der Waals surface area (Å²) in [5.41, 5.74) is -0.562. The molecule has 72 valence electrons. The average Bonchev–Trinajstić information content (AvgIpc) is 2.34. The zero-order chi connectivity index (χ0) is 9.24. The van der Waals surface area contributed by atoms with Crippen molar-refractivity contribution in [2.75, 3.05) is 12.9 Å². The van der Waals surface area contributed by atoms with Crippen molar-refractivity contribution in [2.24, 2.45) is 0 Å². The molecule has 0 amide bonds. The second-order valence-corrected chi connectivity index (χ2v) is 5.27. The number of nitrogens with one attached hydrogen (secondary N) is 1. The van der Waals surface area contributed by atoms with E-state index in [0.717, 1.165) is 31.9 Å². The Bertz CT molecular complexity index is 241. The predicted octanol–water partition coefficient (Wildman–Crippen LogP) is -0.159. The summed E-state index contributed by atoms with van der Waals surface area (Å²) in [7, 11) is -3.19. The fourth-order valence-electron chi connectivity index (χ4n) is 1.74. The molecule has 1 rings (SSSR count). The lowest BCUT2D eigenvalue weighted by Crippen LogP contribution is -2.48. The van der Waals surface area contributed by atoms with Gasteiger partial charge in [0.25, 0.3) is 0 Å². The summed E-state index contributed by atoms with van der Waals surface area (Å²) in [6.45, 7) is -0.0972. The molecule has 0 bridgehead atoms. The number of aliphatic hydroxyl groups excluding tert-OH is 1. The predicted molar refractivity (Wildman–Crippen MR) is 46.3 cm³/mol. The van der Waals surface area contributed by atoms with Crippen LogP contribution in [0.15, 0.2) is 0 Å². The van der Waals surface area contributed by atoms with Gasteiger partial charge >= 0.3 is 0 Å². The van der Waals surface area contributed by atoms with Gasteiger partial charge in [-0.2, -0.15) is 0 Å². The summed E-state index contributed by atoms with van der Waals surface area (Å²) in [4.78, 5) is 0. The highest BCUT2D eigenvalue weighted by Crippen LogP contribution is 2.29. The molecule has 0 aromatic carbocycles. The van der Waals surface area contributed by atoms with E-state index >= 15 is 0 Å². The molecule has 0 aliphatic heterocycles. The lowest BCUT2D eigenvalue weighted by molar-refractivity contribution is 0.185. The number of rotatable bonds is 3. The summed E-state index contributed by atoms with van der Waals surface area (Å²) in [6, 6.07) is 0. The van der Waals surface area contributed by atoms with Crippen molar-refractivity contribution in [3.63, 3.8) is 0 Å². The molecule has 0 atom stereocenters. The van der Waals surface area contributed by atoms with Crippen LogP contribution in [0.3, 0.4) is 0 Å². The summed E-state index contributed by atoms with van der Waals surface area (Å²) in [5, 5.41) is 9.05. The Hall–Kier alpha value is -0.130. The Morgan fingerprint density at radius 3 is 2.25 bits per heavy atom. The third-order valence-electron chi connectivity index (χ3n) is 2.27. The van der Waals surface area contributed by atoms with Gasteiger partial charge in [0.1, 0.15) is 0 Å². The Morgan fingerprint density at radius 1 is 1.42 bits per heavy atom. The first-order valence-electron chi connectivity index (χ1n) is 4.07. The van der Waals surface area contributed by atoms with Gasteiger partial charge in [0, 0.05) is 0 Å². The summed E-state index contributed by atoms with van der Waals surface area (Å²) in [6.07, 6.45) is 4.60. The second kappa shape index (κ2) is 3.32. The van der Waals surface area contributed by atoms with Gasteiger partial charge in [-0.15, -0.1) is 0 Å². The maximum absolute atomic E-state index is 10.9. The fourth-order valence-corrected chi connectivity index (χ4v) is 2.79. The minimum Gasteiger partial charge on any atom is -0.394 e. The Morgan fingerprint density at radius 2 is 1.92 bits per heavy atom. The first kappa shape index (κ1) is 9.95. The highest BCUT2D eigenvalue weighted by molar-refractivity contribution is 7.88. The molecule has 2 N–H and O–H groups in total. The molecule has 4 nitrogen and oxygen atoms in total. The SMILES string of the molecule is CS(=O)(=O)NC1(CO)CCCC1. The van der Waals surface area contributed by atoms with Crippen LogP contribution in [0.5, 0.6) is 0 Å². The second-order valence-electron chi connectivity index (χ2n) is 3.52. The Labute approximate surface area is 73.0 Å². The average molecular weight is 193 g/mol. The van der Waals surface area contributed by atoms with Crippen molar-refractivity contribution in [3.05, 3.63) is 0 Å². The monoisotopic (exact) mass is 193 g/mol. The molecule has 0 saturated heterocycles. The quantitative estimate of drug-likeness (QED) is 0.654.